The van der Waals surface area contributed by atoms with Gasteiger partial charge in [0.1, 0.15) is 0 Å². The van der Waals surface area contributed by atoms with Gasteiger partial charge in [0.25, 0.3) is 0 Å². The van der Waals surface area contributed by atoms with Crippen molar-refractivity contribution < 1.29 is 0 Å². The Hall–Kier alpha value is -6.31. The van der Waals surface area contributed by atoms with E-state index in [1.807, 2.05) is 6.08 Å². The molecule has 230 valence electrons. The summed E-state index contributed by atoms with van der Waals surface area (Å²) < 4.78 is 0. The van der Waals surface area contributed by atoms with Crippen LogP contribution in [0.15, 0.2) is 164 Å². The number of benzene rings is 8. The summed E-state index contributed by atoms with van der Waals surface area (Å²) >= 11 is 0. The van der Waals surface area contributed by atoms with Gasteiger partial charge in [0.15, 0.2) is 0 Å². The fourth-order valence-corrected chi connectivity index (χ4v) is 7.95. The Kier molecular flexibility index (Phi) is 6.92. The zero-order valence-electron chi connectivity index (χ0n) is 27.2. The Labute approximate surface area is 287 Å². The lowest BCUT2D eigenvalue weighted by Crippen LogP contribution is -1.98. The predicted octanol–water partition coefficient (Wildman–Crippen LogP) is 13.3. The van der Waals surface area contributed by atoms with Gasteiger partial charge in [0.05, 0.1) is 0 Å². The molecule has 1 N–H and O–H groups in total. The van der Waals surface area contributed by atoms with Gasteiger partial charge in [-0.25, -0.2) is 0 Å². The Morgan fingerprint density at radius 2 is 0.878 bits per heavy atom. The molecule has 1 aliphatic carbocycles. The van der Waals surface area contributed by atoms with Crippen LogP contribution < -0.4 is 0 Å². The second kappa shape index (κ2) is 11.7. The minimum absolute atomic E-state index is 1.16. The van der Waals surface area contributed by atoms with Crippen LogP contribution in [-0.4, -0.2) is 6.21 Å². The first kappa shape index (κ1) is 28.9. The molecule has 0 fully saturated rings. The monoisotopic (exact) mass is 623 g/mol. The maximum absolute atomic E-state index is 7.68. The van der Waals surface area contributed by atoms with E-state index < -0.39 is 0 Å². The minimum Gasteiger partial charge on any atom is -0.309 e. The van der Waals surface area contributed by atoms with Crippen LogP contribution in [0.2, 0.25) is 0 Å². The highest BCUT2D eigenvalue weighted by atomic mass is 14.3. The van der Waals surface area contributed by atoms with E-state index in [1.54, 1.807) is 0 Å². The third-order valence-electron chi connectivity index (χ3n) is 10.2. The third kappa shape index (κ3) is 4.66. The first-order chi connectivity index (χ1) is 24.2. The van der Waals surface area contributed by atoms with Crippen molar-refractivity contribution >= 4 is 33.8 Å². The van der Waals surface area contributed by atoms with Gasteiger partial charge >= 0.3 is 0 Å². The summed E-state index contributed by atoms with van der Waals surface area (Å²) in [7, 11) is 0. The van der Waals surface area contributed by atoms with Crippen molar-refractivity contribution in [2.45, 2.75) is 6.92 Å². The quantitative estimate of drug-likeness (QED) is 0.149. The van der Waals surface area contributed by atoms with Crippen LogP contribution in [0.3, 0.4) is 0 Å². The Morgan fingerprint density at radius 1 is 0.388 bits per heavy atom. The van der Waals surface area contributed by atoms with Gasteiger partial charge in [-0.3, -0.25) is 0 Å². The zero-order chi connectivity index (χ0) is 32.9. The summed E-state index contributed by atoms with van der Waals surface area (Å²) in [5, 5.41) is 12.6. The van der Waals surface area contributed by atoms with E-state index in [4.69, 9.17) is 5.41 Å². The van der Waals surface area contributed by atoms with E-state index in [-0.39, 0.29) is 0 Å². The van der Waals surface area contributed by atoms with E-state index in [0.717, 1.165) is 5.56 Å². The molecule has 8 aromatic carbocycles. The molecule has 0 amide bonds. The zero-order valence-corrected chi connectivity index (χ0v) is 27.2. The summed E-state index contributed by atoms with van der Waals surface area (Å²) in [6, 6.07) is 57.8. The molecule has 1 nitrogen and oxygen atoms in total. The lowest BCUT2D eigenvalue weighted by Gasteiger charge is -2.25. The highest BCUT2D eigenvalue weighted by molar-refractivity contribution is 6.14. The number of rotatable bonds is 4. The smallest absolute Gasteiger partial charge is 0.0177 e. The molecule has 0 aromatic heterocycles. The largest absolute Gasteiger partial charge is 0.309 e. The third-order valence-corrected chi connectivity index (χ3v) is 10.2. The van der Waals surface area contributed by atoms with Gasteiger partial charge in [-0.15, -0.1) is 0 Å². The van der Waals surface area contributed by atoms with Crippen LogP contribution in [0, 0.1) is 12.3 Å². The van der Waals surface area contributed by atoms with E-state index >= 15 is 0 Å². The molecule has 9 rings (SSSR count). The van der Waals surface area contributed by atoms with Crippen molar-refractivity contribution in [3.63, 3.8) is 0 Å². The second-order valence-electron chi connectivity index (χ2n) is 12.8. The van der Waals surface area contributed by atoms with Crippen molar-refractivity contribution in [2.24, 2.45) is 0 Å². The van der Waals surface area contributed by atoms with Gasteiger partial charge in [0, 0.05) is 6.21 Å². The van der Waals surface area contributed by atoms with Crippen molar-refractivity contribution in [2.75, 3.05) is 0 Å². The van der Waals surface area contributed by atoms with E-state index in [1.165, 1.54) is 100 Å². The van der Waals surface area contributed by atoms with Crippen molar-refractivity contribution in [1.29, 1.82) is 5.41 Å². The standard InChI is InChI=1S/C48H33N/c1-31-35-15-2-3-16-38(35)44-27-26-33(30-47(44)36(31)25-12-28-49)32-13-10-14-34(29-32)37-23-11-24-46-43-20-7-6-19-41(43)39-17-4-5-18-40(39)42-21-8-9-22-45(42)48(37)46/h2-30,49H,1H3/b25-12-,41-39?,42-40?,46-43?,48-45?,49-28?. The normalized spacial score (nSPS) is 11.8. The molecule has 0 heterocycles. The van der Waals surface area contributed by atoms with E-state index in [9.17, 15) is 0 Å². The van der Waals surface area contributed by atoms with E-state index in [0.29, 0.717) is 0 Å². The van der Waals surface area contributed by atoms with Crippen LogP contribution in [0.1, 0.15) is 11.1 Å². The molecular formula is C48H33N. The summed E-state index contributed by atoms with van der Waals surface area (Å²) in [5.74, 6) is 0. The number of nitrogens with one attached hydrogen (secondary N) is 1. The number of hydrogen-bond acceptors (Lipinski definition) is 1. The lowest BCUT2D eigenvalue weighted by molar-refractivity contribution is 1.51. The van der Waals surface area contributed by atoms with E-state index in [2.05, 4.69) is 171 Å². The first-order valence-corrected chi connectivity index (χ1v) is 16.9. The van der Waals surface area contributed by atoms with Crippen LogP contribution in [0.5, 0.6) is 0 Å². The molecular weight excluding hydrogens is 591 g/mol. The summed E-state index contributed by atoms with van der Waals surface area (Å²) in [5.41, 5.74) is 17.2. The maximum Gasteiger partial charge on any atom is 0.0177 e. The fourth-order valence-electron chi connectivity index (χ4n) is 7.95. The summed E-state index contributed by atoms with van der Waals surface area (Å²) in [4.78, 5) is 0. The minimum atomic E-state index is 1.16. The van der Waals surface area contributed by atoms with Gasteiger partial charge in [-0.1, -0.05) is 152 Å². The number of aryl methyl sites for hydroxylation is 1. The Bertz CT molecular complexity index is 2630. The SMILES string of the molecule is Cc1c(/C=C\C=N)c2cc(-c3cccc(-c4cccc5c4-c4ccccc4-c4ccccc4-c4ccccc4-5)c3)ccc2c2ccccc12. The number of hydrogen-bond donors (Lipinski definition) is 1. The average molecular weight is 624 g/mol. The molecule has 49 heavy (non-hydrogen) atoms. The lowest BCUT2D eigenvalue weighted by atomic mass is 9.78. The summed E-state index contributed by atoms with van der Waals surface area (Å²) in [6.45, 7) is 2.19. The first-order valence-electron chi connectivity index (χ1n) is 16.9. The molecule has 0 aliphatic heterocycles. The molecule has 0 spiro atoms. The predicted molar refractivity (Wildman–Crippen MR) is 210 cm³/mol. The Balaban J connectivity index is 1.27. The van der Waals surface area contributed by atoms with Crippen LogP contribution in [-0.2, 0) is 0 Å². The molecule has 0 atom stereocenters. The molecule has 0 saturated carbocycles. The van der Waals surface area contributed by atoms with Gasteiger partial charge in [-0.05, 0) is 125 Å². The summed E-state index contributed by atoms with van der Waals surface area (Å²) in [6.07, 6.45) is 5.25. The second-order valence-corrected chi connectivity index (χ2v) is 12.8. The molecule has 1 heteroatoms. The van der Waals surface area contributed by atoms with Crippen LogP contribution >= 0.6 is 0 Å². The maximum atomic E-state index is 7.68. The van der Waals surface area contributed by atoms with Crippen molar-refractivity contribution in [1.82, 2.24) is 0 Å². The van der Waals surface area contributed by atoms with Crippen molar-refractivity contribution in [3.8, 4) is 66.8 Å². The molecule has 1 aliphatic rings. The molecule has 0 bridgehead atoms. The molecule has 0 radical (unpaired) electrons. The Morgan fingerprint density at radius 3 is 1.57 bits per heavy atom. The highest BCUT2D eigenvalue weighted by Crippen LogP contribution is 2.50. The highest BCUT2D eigenvalue weighted by Gasteiger charge is 2.24. The average Bonchev–Trinajstić information content (AvgIpc) is 3.17. The van der Waals surface area contributed by atoms with Crippen LogP contribution in [0.25, 0.3) is 94.4 Å². The van der Waals surface area contributed by atoms with Crippen LogP contribution in [0.4, 0.5) is 0 Å². The fraction of sp³-hybridized carbons (Fsp3) is 0.0208. The molecule has 0 unspecified atom stereocenters. The van der Waals surface area contributed by atoms with Crippen molar-refractivity contribution in [3.05, 3.63) is 175 Å². The molecule has 8 aromatic rings. The number of fused-ring (bicyclic) bond motifs is 11. The van der Waals surface area contributed by atoms with Gasteiger partial charge in [0.2, 0.25) is 0 Å². The van der Waals surface area contributed by atoms with Gasteiger partial charge < -0.3 is 5.41 Å². The van der Waals surface area contributed by atoms with Gasteiger partial charge in [-0.2, -0.15) is 0 Å². The topological polar surface area (TPSA) is 23.9 Å². The molecule has 0 saturated heterocycles. The number of allylic oxidation sites excluding steroid dienone is 1.